The van der Waals surface area contributed by atoms with E-state index in [0.717, 1.165) is 5.76 Å². The van der Waals surface area contributed by atoms with Crippen LogP contribution >= 0.6 is 0 Å². The molecular weight excluding hydrogens is 286 g/mol. The zero-order chi connectivity index (χ0) is 16.9. The molecule has 0 aromatic carbocycles. The Labute approximate surface area is 140 Å². The SMILES string of the molecule is C=C1C2/C(=C/C3OC(C)=CC(C)O3)C2NC(C)C1C(C)C(C)C. The third-order valence-electron chi connectivity index (χ3n) is 5.82. The molecule has 3 heteroatoms. The minimum atomic E-state index is -0.263. The lowest BCUT2D eigenvalue weighted by atomic mass is 9.74. The fourth-order valence-electron chi connectivity index (χ4n) is 4.30. The van der Waals surface area contributed by atoms with Crippen LogP contribution in [0.5, 0.6) is 0 Å². The standard InChI is InChI=1S/C20H31NO2/c1-10(2)13(5)18-14(6)19-16(20(19)21-15(18)7)9-17-22-11(3)8-12(4)23-17/h8-11,13,15,17-21H,6H2,1-5,7H3/b16-9-. The van der Waals surface area contributed by atoms with Crippen LogP contribution in [0.4, 0.5) is 0 Å². The van der Waals surface area contributed by atoms with E-state index in [9.17, 15) is 0 Å². The Morgan fingerprint density at radius 2 is 1.96 bits per heavy atom. The van der Waals surface area contributed by atoms with E-state index in [1.165, 1.54) is 11.1 Å². The highest BCUT2D eigenvalue weighted by atomic mass is 16.7. The van der Waals surface area contributed by atoms with Gasteiger partial charge in [-0.15, -0.1) is 0 Å². The Morgan fingerprint density at radius 1 is 1.26 bits per heavy atom. The predicted octanol–water partition coefficient (Wildman–Crippen LogP) is 4.03. The quantitative estimate of drug-likeness (QED) is 0.797. The van der Waals surface area contributed by atoms with Gasteiger partial charge < -0.3 is 14.8 Å². The van der Waals surface area contributed by atoms with Crippen LogP contribution in [0, 0.1) is 23.7 Å². The number of piperidine rings is 1. The molecule has 0 aromatic rings. The smallest absolute Gasteiger partial charge is 0.220 e. The first-order valence-electron chi connectivity index (χ1n) is 8.96. The Hall–Kier alpha value is -1.06. The van der Waals surface area contributed by atoms with Crippen molar-refractivity contribution in [1.29, 1.82) is 0 Å². The van der Waals surface area contributed by atoms with Crippen LogP contribution in [-0.2, 0) is 9.47 Å². The van der Waals surface area contributed by atoms with E-state index in [-0.39, 0.29) is 12.4 Å². The highest BCUT2D eigenvalue weighted by Gasteiger charge is 2.54. The lowest BCUT2D eigenvalue weighted by molar-refractivity contribution is -0.119. The monoisotopic (exact) mass is 317 g/mol. The summed E-state index contributed by atoms with van der Waals surface area (Å²) < 4.78 is 11.6. The molecule has 1 saturated heterocycles. The molecule has 1 aliphatic carbocycles. The van der Waals surface area contributed by atoms with E-state index >= 15 is 0 Å². The summed E-state index contributed by atoms with van der Waals surface area (Å²) in [4.78, 5) is 0. The summed E-state index contributed by atoms with van der Waals surface area (Å²) in [6, 6.07) is 0.905. The molecule has 3 rings (SSSR count). The molecule has 23 heavy (non-hydrogen) atoms. The van der Waals surface area contributed by atoms with Gasteiger partial charge in [0.2, 0.25) is 6.29 Å². The topological polar surface area (TPSA) is 30.5 Å². The van der Waals surface area contributed by atoms with Crippen molar-refractivity contribution >= 4 is 0 Å². The molecule has 0 spiro atoms. The summed E-state index contributed by atoms with van der Waals surface area (Å²) in [5, 5.41) is 3.78. The highest BCUT2D eigenvalue weighted by molar-refractivity contribution is 5.47. The van der Waals surface area contributed by atoms with Gasteiger partial charge in [-0.2, -0.15) is 0 Å². The maximum atomic E-state index is 5.86. The largest absolute Gasteiger partial charge is 0.466 e. The number of nitrogens with one attached hydrogen (secondary N) is 1. The Morgan fingerprint density at radius 3 is 2.57 bits per heavy atom. The van der Waals surface area contributed by atoms with E-state index in [1.807, 2.05) is 13.0 Å². The summed E-state index contributed by atoms with van der Waals surface area (Å²) >= 11 is 0. The number of allylic oxidation sites excluding steroid dienone is 1. The van der Waals surface area contributed by atoms with Crippen LogP contribution in [0.3, 0.4) is 0 Å². The van der Waals surface area contributed by atoms with Crippen molar-refractivity contribution in [3.63, 3.8) is 0 Å². The summed E-state index contributed by atoms with van der Waals surface area (Å²) in [5.74, 6) is 3.25. The molecule has 7 unspecified atom stereocenters. The van der Waals surface area contributed by atoms with Crippen molar-refractivity contribution in [1.82, 2.24) is 5.32 Å². The summed E-state index contributed by atoms with van der Waals surface area (Å²) in [6.45, 7) is 17.8. The lowest BCUT2D eigenvalue weighted by Gasteiger charge is -2.37. The van der Waals surface area contributed by atoms with E-state index in [2.05, 4.69) is 52.6 Å². The van der Waals surface area contributed by atoms with Gasteiger partial charge in [0.15, 0.2) is 0 Å². The number of ether oxygens (including phenoxy) is 2. The van der Waals surface area contributed by atoms with Crippen LogP contribution in [-0.4, -0.2) is 24.5 Å². The zero-order valence-corrected chi connectivity index (χ0v) is 15.3. The van der Waals surface area contributed by atoms with E-state index in [1.54, 1.807) is 0 Å². The third-order valence-corrected chi connectivity index (χ3v) is 5.82. The van der Waals surface area contributed by atoms with Crippen LogP contribution in [0.2, 0.25) is 0 Å². The highest BCUT2D eigenvalue weighted by Crippen LogP contribution is 2.52. The van der Waals surface area contributed by atoms with Crippen LogP contribution < -0.4 is 5.32 Å². The second kappa shape index (κ2) is 6.10. The summed E-state index contributed by atoms with van der Waals surface area (Å²) in [6.07, 6.45) is 4.01. The second-order valence-electron chi connectivity index (χ2n) is 7.89. The van der Waals surface area contributed by atoms with Crippen molar-refractivity contribution in [2.45, 2.75) is 66.0 Å². The van der Waals surface area contributed by atoms with Gasteiger partial charge in [-0.3, -0.25) is 0 Å². The van der Waals surface area contributed by atoms with Gasteiger partial charge >= 0.3 is 0 Å². The van der Waals surface area contributed by atoms with E-state index < -0.39 is 0 Å². The molecule has 7 atom stereocenters. The molecule has 0 radical (unpaired) electrons. The Bertz CT molecular complexity index is 548. The molecule has 3 nitrogen and oxygen atoms in total. The van der Waals surface area contributed by atoms with Gasteiger partial charge in [-0.25, -0.2) is 0 Å². The first-order chi connectivity index (χ1) is 10.8. The molecule has 0 aromatic heterocycles. The van der Waals surface area contributed by atoms with Crippen molar-refractivity contribution < 1.29 is 9.47 Å². The average Bonchev–Trinajstić information content (AvgIpc) is 3.09. The van der Waals surface area contributed by atoms with Crippen LogP contribution in [0.25, 0.3) is 0 Å². The molecule has 1 saturated carbocycles. The van der Waals surface area contributed by atoms with Gasteiger partial charge in [-0.1, -0.05) is 32.9 Å². The Balaban J connectivity index is 1.74. The number of hydrogen-bond donors (Lipinski definition) is 1. The van der Waals surface area contributed by atoms with Gasteiger partial charge in [-0.05, 0) is 56.3 Å². The van der Waals surface area contributed by atoms with Gasteiger partial charge in [0.05, 0.1) is 11.9 Å². The molecular formula is C20H31NO2. The van der Waals surface area contributed by atoms with Crippen molar-refractivity contribution in [2.75, 3.05) is 0 Å². The molecule has 1 N–H and O–H groups in total. The van der Waals surface area contributed by atoms with E-state index in [4.69, 9.17) is 9.47 Å². The minimum absolute atomic E-state index is 0.107. The van der Waals surface area contributed by atoms with Gasteiger partial charge in [0.25, 0.3) is 0 Å². The maximum Gasteiger partial charge on any atom is 0.220 e. The molecule has 2 fully saturated rings. The molecule has 0 bridgehead atoms. The average molecular weight is 317 g/mol. The normalized spacial score (nSPS) is 43.0. The fourth-order valence-corrected chi connectivity index (χ4v) is 4.30. The zero-order valence-electron chi connectivity index (χ0n) is 15.3. The second-order valence-corrected chi connectivity index (χ2v) is 7.89. The maximum absolute atomic E-state index is 5.86. The summed E-state index contributed by atoms with van der Waals surface area (Å²) in [7, 11) is 0. The molecule has 128 valence electrons. The third kappa shape index (κ3) is 3.14. The predicted molar refractivity (Wildman–Crippen MR) is 93.8 cm³/mol. The summed E-state index contributed by atoms with van der Waals surface area (Å²) in [5.41, 5.74) is 2.79. The molecule has 2 aliphatic heterocycles. The minimum Gasteiger partial charge on any atom is -0.466 e. The molecule has 0 amide bonds. The van der Waals surface area contributed by atoms with E-state index in [0.29, 0.717) is 35.8 Å². The first kappa shape index (κ1) is 16.8. The lowest BCUT2D eigenvalue weighted by Crippen LogP contribution is -2.45. The fraction of sp³-hybridized carbons (Fsp3) is 0.700. The number of rotatable bonds is 3. The Kier molecular flexibility index (Phi) is 4.45. The molecule has 3 aliphatic rings. The van der Waals surface area contributed by atoms with Crippen molar-refractivity contribution in [3.05, 3.63) is 35.6 Å². The van der Waals surface area contributed by atoms with Crippen LogP contribution in [0.15, 0.2) is 35.6 Å². The van der Waals surface area contributed by atoms with Crippen molar-refractivity contribution in [2.24, 2.45) is 23.7 Å². The van der Waals surface area contributed by atoms with Crippen molar-refractivity contribution in [3.8, 4) is 0 Å². The number of hydrogen-bond acceptors (Lipinski definition) is 3. The molecule has 2 heterocycles. The first-order valence-corrected chi connectivity index (χ1v) is 8.96. The van der Waals surface area contributed by atoms with Gasteiger partial charge in [0, 0.05) is 18.0 Å². The van der Waals surface area contributed by atoms with Crippen LogP contribution in [0.1, 0.15) is 41.5 Å². The number of fused-ring (bicyclic) bond motifs is 1. The van der Waals surface area contributed by atoms with Gasteiger partial charge in [0.1, 0.15) is 0 Å².